The van der Waals surface area contributed by atoms with E-state index in [0.717, 1.165) is 25.7 Å². The minimum atomic E-state index is -0.461. The molecular weight excluding hydrogens is 273 g/mol. The number of benzene rings is 1. The molecule has 18 heavy (non-hydrogen) atoms. The van der Waals surface area contributed by atoms with Crippen LogP contribution in [-0.4, -0.2) is 23.2 Å². The lowest BCUT2D eigenvalue weighted by molar-refractivity contribution is 0.0717. The molecule has 0 saturated heterocycles. The highest BCUT2D eigenvalue weighted by molar-refractivity contribution is 6.35. The Morgan fingerprint density at radius 3 is 2.39 bits per heavy atom. The maximum atomic E-state index is 12.0. The summed E-state index contributed by atoms with van der Waals surface area (Å²) in [6.45, 7) is 0. The van der Waals surface area contributed by atoms with Gasteiger partial charge in [-0.05, 0) is 31.0 Å². The van der Waals surface area contributed by atoms with Gasteiger partial charge in [0.05, 0.1) is 12.1 Å². The number of hydrogen-bond donors (Lipinski definition) is 2. The van der Waals surface area contributed by atoms with Gasteiger partial charge in [-0.3, -0.25) is 4.79 Å². The van der Waals surface area contributed by atoms with E-state index in [2.05, 4.69) is 5.32 Å². The predicted molar refractivity (Wildman–Crippen MR) is 72.2 cm³/mol. The number of rotatable bonds is 2. The first-order chi connectivity index (χ1) is 8.56. The lowest BCUT2D eigenvalue weighted by atomic mass is 9.92. The molecule has 1 saturated carbocycles. The Morgan fingerprint density at radius 1 is 1.17 bits per heavy atom. The van der Waals surface area contributed by atoms with Crippen LogP contribution in [0.15, 0.2) is 18.2 Å². The van der Waals surface area contributed by atoms with Crippen molar-refractivity contribution in [2.75, 3.05) is 0 Å². The lowest BCUT2D eigenvalue weighted by Gasteiger charge is -2.28. The van der Waals surface area contributed by atoms with E-state index >= 15 is 0 Å². The summed E-state index contributed by atoms with van der Waals surface area (Å²) < 4.78 is 0. The van der Waals surface area contributed by atoms with E-state index in [1.165, 1.54) is 0 Å². The first-order valence-electron chi connectivity index (χ1n) is 6.01. The summed E-state index contributed by atoms with van der Waals surface area (Å²) in [6, 6.07) is 4.54. The predicted octanol–water partition coefficient (Wildman–Crippen LogP) is 3.03. The molecule has 1 aromatic rings. The van der Waals surface area contributed by atoms with Crippen molar-refractivity contribution in [3.8, 4) is 0 Å². The second kappa shape index (κ2) is 5.91. The molecule has 1 aromatic carbocycles. The van der Waals surface area contributed by atoms with Crippen molar-refractivity contribution in [3.05, 3.63) is 33.8 Å². The SMILES string of the molecule is O=C(NC1CCCCC1O)c1cc(Cl)cc(Cl)c1. The molecule has 0 bridgehead atoms. The largest absolute Gasteiger partial charge is 0.391 e. The summed E-state index contributed by atoms with van der Waals surface area (Å²) in [5.41, 5.74) is 0.422. The zero-order chi connectivity index (χ0) is 13.1. The van der Waals surface area contributed by atoms with Crippen LogP contribution in [-0.2, 0) is 0 Å². The van der Waals surface area contributed by atoms with E-state index in [0.29, 0.717) is 15.6 Å². The molecule has 2 N–H and O–H groups in total. The Hall–Kier alpha value is -0.770. The van der Waals surface area contributed by atoms with Gasteiger partial charge in [0.1, 0.15) is 0 Å². The van der Waals surface area contributed by atoms with Crippen LogP contribution in [0.3, 0.4) is 0 Å². The summed E-state index contributed by atoms with van der Waals surface area (Å²) in [5.74, 6) is -0.245. The number of aliphatic hydroxyl groups is 1. The van der Waals surface area contributed by atoms with Crippen LogP contribution in [0.1, 0.15) is 36.0 Å². The van der Waals surface area contributed by atoms with Crippen molar-refractivity contribution in [1.82, 2.24) is 5.32 Å². The molecule has 5 heteroatoms. The van der Waals surface area contributed by atoms with Gasteiger partial charge in [-0.2, -0.15) is 0 Å². The van der Waals surface area contributed by atoms with Crippen LogP contribution in [0.4, 0.5) is 0 Å². The fourth-order valence-corrected chi connectivity index (χ4v) is 2.74. The summed E-state index contributed by atoms with van der Waals surface area (Å²) in [5, 5.41) is 13.5. The van der Waals surface area contributed by atoms with Gasteiger partial charge >= 0.3 is 0 Å². The minimum Gasteiger partial charge on any atom is -0.391 e. The Kier molecular flexibility index (Phi) is 4.49. The third-order valence-corrected chi connectivity index (χ3v) is 3.61. The molecule has 2 rings (SSSR count). The molecule has 2 atom stereocenters. The molecule has 1 fully saturated rings. The van der Waals surface area contributed by atoms with Crippen LogP contribution in [0.5, 0.6) is 0 Å². The number of carbonyl (C=O) groups excluding carboxylic acids is 1. The maximum absolute atomic E-state index is 12.0. The number of hydrogen-bond acceptors (Lipinski definition) is 2. The molecule has 0 spiro atoms. The number of halogens is 2. The summed E-state index contributed by atoms with van der Waals surface area (Å²) in [4.78, 5) is 12.0. The molecule has 1 aliphatic rings. The standard InChI is InChI=1S/C13H15Cl2NO2/c14-9-5-8(6-10(15)7-9)13(18)16-11-3-1-2-4-12(11)17/h5-7,11-12,17H,1-4H2,(H,16,18). The Bertz CT molecular complexity index is 430. The topological polar surface area (TPSA) is 49.3 Å². The molecule has 2 unspecified atom stereocenters. The Morgan fingerprint density at radius 2 is 1.78 bits per heavy atom. The van der Waals surface area contributed by atoms with E-state index in [1.807, 2.05) is 0 Å². The van der Waals surface area contributed by atoms with E-state index in [1.54, 1.807) is 18.2 Å². The first kappa shape index (κ1) is 13.7. The van der Waals surface area contributed by atoms with Crippen molar-refractivity contribution in [3.63, 3.8) is 0 Å². The monoisotopic (exact) mass is 287 g/mol. The molecule has 0 aliphatic heterocycles. The van der Waals surface area contributed by atoms with Crippen molar-refractivity contribution < 1.29 is 9.90 Å². The second-order valence-corrected chi connectivity index (χ2v) is 5.46. The fourth-order valence-electron chi connectivity index (χ4n) is 2.22. The summed E-state index contributed by atoms with van der Waals surface area (Å²) >= 11 is 11.7. The number of amides is 1. The Balaban J connectivity index is 2.06. The van der Waals surface area contributed by atoms with Crippen molar-refractivity contribution in [2.45, 2.75) is 37.8 Å². The van der Waals surface area contributed by atoms with Crippen LogP contribution < -0.4 is 5.32 Å². The van der Waals surface area contributed by atoms with Crippen LogP contribution >= 0.6 is 23.2 Å². The van der Waals surface area contributed by atoms with Gasteiger partial charge < -0.3 is 10.4 Å². The zero-order valence-electron chi connectivity index (χ0n) is 9.83. The van der Waals surface area contributed by atoms with Gasteiger partial charge in [0, 0.05) is 15.6 Å². The normalized spacial score (nSPS) is 23.7. The van der Waals surface area contributed by atoms with Gasteiger partial charge in [-0.25, -0.2) is 0 Å². The average Bonchev–Trinajstić information content (AvgIpc) is 2.31. The zero-order valence-corrected chi connectivity index (χ0v) is 11.3. The molecule has 0 radical (unpaired) electrons. The van der Waals surface area contributed by atoms with Gasteiger partial charge in [0.15, 0.2) is 0 Å². The molecule has 0 heterocycles. The van der Waals surface area contributed by atoms with E-state index in [-0.39, 0.29) is 11.9 Å². The van der Waals surface area contributed by atoms with Gasteiger partial charge in [-0.1, -0.05) is 36.0 Å². The van der Waals surface area contributed by atoms with Crippen LogP contribution in [0.25, 0.3) is 0 Å². The van der Waals surface area contributed by atoms with Crippen molar-refractivity contribution in [2.24, 2.45) is 0 Å². The smallest absolute Gasteiger partial charge is 0.251 e. The molecule has 0 aromatic heterocycles. The lowest BCUT2D eigenvalue weighted by Crippen LogP contribution is -2.45. The highest BCUT2D eigenvalue weighted by Gasteiger charge is 2.24. The van der Waals surface area contributed by atoms with E-state index < -0.39 is 6.10 Å². The summed E-state index contributed by atoms with van der Waals surface area (Å²) in [6.07, 6.45) is 3.12. The van der Waals surface area contributed by atoms with E-state index in [9.17, 15) is 9.90 Å². The van der Waals surface area contributed by atoms with Crippen molar-refractivity contribution >= 4 is 29.1 Å². The van der Waals surface area contributed by atoms with Crippen molar-refractivity contribution in [1.29, 1.82) is 0 Å². The van der Waals surface area contributed by atoms with E-state index in [4.69, 9.17) is 23.2 Å². The maximum Gasteiger partial charge on any atom is 0.251 e. The molecule has 98 valence electrons. The number of nitrogens with one attached hydrogen (secondary N) is 1. The molecular formula is C13H15Cl2NO2. The number of carbonyl (C=O) groups is 1. The summed E-state index contributed by atoms with van der Waals surface area (Å²) in [7, 11) is 0. The van der Waals surface area contributed by atoms with Crippen LogP contribution in [0, 0.1) is 0 Å². The second-order valence-electron chi connectivity index (χ2n) is 4.59. The highest BCUT2D eigenvalue weighted by atomic mass is 35.5. The molecule has 1 aliphatic carbocycles. The van der Waals surface area contributed by atoms with Gasteiger partial charge in [-0.15, -0.1) is 0 Å². The third kappa shape index (κ3) is 3.37. The molecule has 3 nitrogen and oxygen atoms in total. The minimum absolute atomic E-state index is 0.177. The number of aliphatic hydroxyl groups excluding tert-OH is 1. The molecule has 1 amide bonds. The third-order valence-electron chi connectivity index (χ3n) is 3.17. The van der Waals surface area contributed by atoms with Gasteiger partial charge in [0.2, 0.25) is 0 Å². The van der Waals surface area contributed by atoms with Gasteiger partial charge in [0.25, 0.3) is 5.91 Å². The van der Waals surface area contributed by atoms with Crippen LogP contribution in [0.2, 0.25) is 10.0 Å². The highest BCUT2D eigenvalue weighted by Crippen LogP contribution is 2.21. The fraction of sp³-hybridized carbons (Fsp3) is 0.462. The quantitative estimate of drug-likeness (QED) is 0.878. The average molecular weight is 288 g/mol. The Labute approximate surface area is 116 Å². The first-order valence-corrected chi connectivity index (χ1v) is 6.77.